The summed E-state index contributed by atoms with van der Waals surface area (Å²) in [5.74, 6) is 0.263. The molecule has 0 saturated heterocycles. The van der Waals surface area contributed by atoms with Crippen molar-refractivity contribution in [3.63, 3.8) is 0 Å². The van der Waals surface area contributed by atoms with Gasteiger partial charge in [-0.25, -0.2) is 0 Å². The molecule has 1 amide bonds. The van der Waals surface area contributed by atoms with Crippen LogP contribution in [-0.4, -0.2) is 11.0 Å². The molecule has 1 unspecified atom stereocenters. The molecule has 0 aliphatic carbocycles. The van der Waals surface area contributed by atoms with Gasteiger partial charge in [0, 0.05) is 5.69 Å². The fraction of sp³-hybridized carbons (Fsp3) is 0.185. The van der Waals surface area contributed by atoms with Crippen LogP contribution in [0.2, 0.25) is 0 Å². The summed E-state index contributed by atoms with van der Waals surface area (Å²) in [4.78, 5) is 13.6. The van der Waals surface area contributed by atoms with Crippen LogP contribution in [0, 0.1) is 6.92 Å². The third-order valence-electron chi connectivity index (χ3n) is 5.62. The average Bonchev–Trinajstić information content (AvgIpc) is 2.80. The molecule has 1 atom stereocenters. The molecule has 0 bridgehead atoms. The lowest BCUT2D eigenvalue weighted by Gasteiger charge is -2.32. The average molecular weight is 442 g/mol. The van der Waals surface area contributed by atoms with Crippen molar-refractivity contribution in [3.8, 4) is 0 Å². The molecule has 0 saturated carbocycles. The normalized spacial score (nSPS) is 15.9. The number of thiocarbonyl (C=S) groups is 1. The van der Waals surface area contributed by atoms with E-state index in [1.807, 2.05) is 61.5 Å². The number of carbonyl (C=O) groups is 1. The highest BCUT2D eigenvalue weighted by atomic mass is 32.1. The quantitative estimate of drug-likeness (QED) is 0.446. The molecule has 4 rings (SSSR count). The van der Waals surface area contributed by atoms with Crippen molar-refractivity contribution in [3.05, 3.63) is 107 Å². The lowest BCUT2D eigenvalue weighted by molar-refractivity contribution is -0.113. The van der Waals surface area contributed by atoms with Crippen molar-refractivity contribution < 1.29 is 4.79 Å². The summed E-state index contributed by atoms with van der Waals surface area (Å²) in [5, 5.41) is 10.1. The van der Waals surface area contributed by atoms with Crippen LogP contribution in [-0.2, 0) is 4.79 Å². The predicted molar refractivity (Wildman–Crippen MR) is 135 cm³/mol. The molecule has 3 aromatic carbocycles. The molecule has 1 aliphatic heterocycles. The van der Waals surface area contributed by atoms with Crippen LogP contribution in [0.1, 0.15) is 48.1 Å². The van der Waals surface area contributed by atoms with Gasteiger partial charge >= 0.3 is 0 Å². The molecule has 32 heavy (non-hydrogen) atoms. The Bertz CT molecular complexity index is 1150. The Morgan fingerprint density at radius 2 is 1.59 bits per heavy atom. The molecule has 3 aromatic rings. The third-order valence-corrected chi connectivity index (χ3v) is 5.84. The predicted octanol–water partition coefficient (Wildman–Crippen LogP) is 5.69. The minimum Gasteiger partial charge on any atom is -0.351 e. The molecule has 1 aliphatic rings. The maximum Gasteiger partial charge on any atom is 0.256 e. The van der Waals surface area contributed by atoms with Crippen LogP contribution in [0.25, 0.3) is 5.70 Å². The van der Waals surface area contributed by atoms with Crippen molar-refractivity contribution in [2.24, 2.45) is 0 Å². The number of anilines is 1. The second kappa shape index (κ2) is 9.37. The Balaban J connectivity index is 1.80. The van der Waals surface area contributed by atoms with Crippen LogP contribution in [0.3, 0.4) is 0 Å². The SMILES string of the molecule is Cc1ccc(NC(=O)C2=C(c3ccccc3)NC(=S)NC2c2ccc(C(C)C)cc2)cc1. The number of rotatable bonds is 5. The summed E-state index contributed by atoms with van der Waals surface area (Å²) >= 11 is 5.52. The second-order valence-electron chi connectivity index (χ2n) is 8.33. The number of carbonyl (C=O) groups excluding carboxylic acids is 1. The Morgan fingerprint density at radius 3 is 2.22 bits per heavy atom. The summed E-state index contributed by atoms with van der Waals surface area (Å²) in [6, 6.07) is 25.6. The van der Waals surface area contributed by atoms with Gasteiger partial charge in [0.15, 0.2) is 5.11 Å². The number of benzene rings is 3. The van der Waals surface area contributed by atoms with Crippen LogP contribution >= 0.6 is 12.2 Å². The summed E-state index contributed by atoms with van der Waals surface area (Å²) in [6.07, 6.45) is 0. The van der Waals surface area contributed by atoms with E-state index < -0.39 is 0 Å². The number of hydrogen-bond acceptors (Lipinski definition) is 2. The maximum atomic E-state index is 13.6. The molecule has 3 N–H and O–H groups in total. The first kappa shape index (κ1) is 21.8. The van der Waals surface area contributed by atoms with Crippen molar-refractivity contribution in [2.45, 2.75) is 32.7 Å². The Hall–Kier alpha value is -3.44. The zero-order valence-electron chi connectivity index (χ0n) is 18.5. The van der Waals surface area contributed by atoms with Gasteiger partial charge < -0.3 is 16.0 Å². The molecule has 0 radical (unpaired) electrons. The van der Waals surface area contributed by atoms with E-state index in [0.717, 1.165) is 28.1 Å². The monoisotopic (exact) mass is 441 g/mol. The van der Waals surface area contributed by atoms with Gasteiger partial charge in [-0.15, -0.1) is 0 Å². The highest BCUT2D eigenvalue weighted by Gasteiger charge is 2.32. The van der Waals surface area contributed by atoms with Crippen molar-refractivity contribution in [1.29, 1.82) is 0 Å². The molecular weight excluding hydrogens is 414 g/mol. The molecule has 162 valence electrons. The molecular formula is C27H27N3OS. The number of hydrogen-bond donors (Lipinski definition) is 3. The number of amides is 1. The Morgan fingerprint density at radius 1 is 0.938 bits per heavy atom. The van der Waals surface area contributed by atoms with E-state index in [0.29, 0.717) is 16.6 Å². The lowest BCUT2D eigenvalue weighted by Crippen LogP contribution is -2.45. The second-order valence-corrected chi connectivity index (χ2v) is 8.74. The van der Waals surface area contributed by atoms with Gasteiger partial charge in [-0.05, 0) is 53.9 Å². The van der Waals surface area contributed by atoms with Crippen LogP contribution in [0.15, 0.2) is 84.4 Å². The summed E-state index contributed by atoms with van der Waals surface area (Å²) in [5.41, 5.74) is 6.36. The van der Waals surface area contributed by atoms with E-state index in [1.54, 1.807) is 0 Å². The number of nitrogens with one attached hydrogen (secondary N) is 3. The lowest BCUT2D eigenvalue weighted by atomic mass is 9.90. The smallest absolute Gasteiger partial charge is 0.256 e. The van der Waals surface area contributed by atoms with Crippen LogP contribution < -0.4 is 16.0 Å². The number of aryl methyl sites for hydroxylation is 1. The first-order valence-electron chi connectivity index (χ1n) is 10.8. The first-order valence-corrected chi connectivity index (χ1v) is 11.2. The minimum atomic E-state index is -0.370. The zero-order chi connectivity index (χ0) is 22.7. The van der Waals surface area contributed by atoms with E-state index in [9.17, 15) is 4.79 Å². The third kappa shape index (κ3) is 4.73. The molecule has 0 aromatic heterocycles. The van der Waals surface area contributed by atoms with E-state index in [4.69, 9.17) is 12.2 Å². The van der Waals surface area contributed by atoms with Gasteiger partial charge in [0.1, 0.15) is 0 Å². The summed E-state index contributed by atoms with van der Waals surface area (Å²) in [6.45, 7) is 6.36. The summed E-state index contributed by atoms with van der Waals surface area (Å²) < 4.78 is 0. The van der Waals surface area contributed by atoms with Gasteiger partial charge in [0.05, 0.1) is 17.3 Å². The van der Waals surface area contributed by atoms with Gasteiger partial charge in [0.25, 0.3) is 5.91 Å². The zero-order valence-corrected chi connectivity index (χ0v) is 19.3. The molecule has 0 fully saturated rings. The first-order chi connectivity index (χ1) is 15.4. The van der Waals surface area contributed by atoms with Gasteiger partial charge in [-0.2, -0.15) is 0 Å². The molecule has 5 heteroatoms. The van der Waals surface area contributed by atoms with E-state index in [1.165, 1.54) is 5.56 Å². The fourth-order valence-corrected chi connectivity index (χ4v) is 4.02. The van der Waals surface area contributed by atoms with Crippen LogP contribution in [0.5, 0.6) is 0 Å². The van der Waals surface area contributed by atoms with Crippen molar-refractivity contribution >= 4 is 34.6 Å². The van der Waals surface area contributed by atoms with Crippen molar-refractivity contribution in [2.75, 3.05) is 5.32 Å². The maximum absolute atomic E-state index is 13.6. The van der Waals surface area contributed by atoms with E-state index in [-0.39, 0.29) is 11.9 Å². The van der Waals surface area contributed by atoms with Crippen LogP contribution in [0.4, 0.5) is 5.69 Å². The van der Waals surface area contributed by atoms with Crippen molar-refractivity contribution in [1.82, 2.24) is 10.6 Å². The molecule has 1 heterocycles. The largest absolute Gasteiger partial charge is 0.351 e. The molecule has 4 nitrogen and oxygen atoms in total. The van der Waals surface area contributed by atoms with Gasteiger partial charge in [-0.1, -0.05) is 86.1 Å². The highest BCUT2D eigenvalue weighted by molar-refractivity contribution is 7.80. The van der Waals surface area contributed by atoms with E-state index in [2.05, 4.69) is 54.1 Å². The minimum absolute atomic E-state index is 0.173. The molecule has 0 spiro atoms. The Labute approximate surface area is 194 Å². The fourth-order valence-electron chi connectivity index (χ4n) is 3.80. The van der Waals surface area contributed by atoms with Gasteiger partial charge in [-0.3, -0.25) is 4.79 Å². The highest BCUT2D eigenvalue weighted by Crippen LogP contribution is 2.32. The summed E-state index contributed by atoms with van der Waals surface area (Å²) in [7, 11) is 0. The van der Waals surface area contributed by atoms with E-state index >= 15 is 0 Å². The van der Waals surface area contributed by atoms with Gasteiger partial charge in [0.2, 0.25) is 0 Å². The Kier molecular flexibility index (Phi) is 6.37. The standard InChI is InChI=1S/C27H27N3OS/c1-17(2)19-11-13-21(14-12-19)25-23(26(31)28-22-15-9-18(3)10-16-22)24(29-27(32)30-25)20-7-5-4-6-8-20/h4-17,25H,1-3H3,(H,28,31)(H2,29,30,32). The topological polar surface area (TPSA) is 53.2 Å².